The Morgan fingerprint density at radius 1 is 1.41 bits per heavy atom. The predicted octanol–water partition coefficient (Wildman–Crippen LogP) is 2.97. The first-order valence-electron chi connectivity index (χ1n) is 5.36. The van der Waals surface area contributed by atoms with E-state index in [9.17, 15) is 4.39 Å². The van der Waals surface area contributed by atoms with Crippen LogP contribution < -0.4 is 0 Å². The SMILES string of the molecule is [C-]#[N+]c1cc(CN2CCOCC2)c(F)cc1Br. The molecular weight excluding hydrogens is 287 g/mol. The van der Waals surface area contributed by atoms with Crippen molar-refractivity contribution < 1.29 is 9.13 Å². The molecule has 0 saturated carbocycles. The molecule has 1 aromatic rings. The standard InChI is InChI=1S/C12H12BrFN2O/c1-15-12-6-9(11(14)7-10(12)13)8-16-2-4-17-5-3-16/h6-7H,2-5,8H2. The Kier molecular flexibility index (Phi) is 4.11. The second kappa shape index (κ2) is 5.58. The zero-order valence-electron chi connectivity index (χ0n) is 9.25. The molecule has 0 aromatic heterocycles. The zero-order valence-corrected chi connectivity index (χ0v) is 10.8. The smallest absolute Gasteiger partial charge is 0.201 e. The minimum absolute atomic E-state index is 0.268. The van der Waals surface area contributed by atoms with Crippen LogP contribution in [0.4, 0.5) is 10.1 Å². The van der Waals surface area contributed by atoms with Gasteiger partial charge in [0.05, 0.1) is 19.8 Å². The van der Waals surface area contributed by atoms with Crippen molar-refractivity contribution in [2.24, 2.45) is 0 Å². The summed E-state index contributed by atoms with van der Waals surface area (Å²) in [4.78, 5) is 5.49. The second-order valence-corrected chi connectivity index (χ2v) is 4.75. The van der Waals surface area contributed by atoms with Gasteiger partial charge < -0.3 is 4.74 Å². The van der Waals surface area contributed by atoms with E-state index in [2.05, 4.69) is 25.7 Å². The molecule has 2 rings (SSSR count). The van der Waals surface area contributed by atoms with Crippen molar-refractivity contribution in [2.45, 2.75) is 6.54 Å². The summed E-state index contributed by atoms with van der Waals surface area (Å²) in [5.74, 6) is -0.268. The summed E-state index contributed by atoms with van der Waals surface area (Å²) in [6, 6.07) is 2.98. The number of ether oxygens (including phenoxy) is 1. The predicted molar refractivity (Wildman–Crippen MR) is 66.5 cm³/mol. The molecule has 90 valence electrons. The Labute approximate surface area is 108 Å². The highest BCUT2D eigenvalue weighted by Gasteiger charge is 2.14. The summed E-state index contributed by atoms with van der Waals surface area (Å²) in [6.45, 7) is 10.5. The molecule has 1 aromatic carbocycles. The van der Waals surface area contributed by atoms with Crippen molar-refractivity contribution >= 4 is 21.6 Å². The molecule has 1 fully saturated rings. The average molecular weight is 299 g/mol. The normalized spacial score (nSPS) is 16.8. The van der Waals surface area contributed by atoms with Crippen LogP contribution >= 0.6 is 15.9 Å². The van der Waals surface area contributed by atoms with Crippen LogP contribution in [-0.4, -0.2) is 31.2 Å². The number of halogens is 2. The van der Waals surface area contributed by atoms with Gasteiger partial charge in [-0.25, -0.2) is 9.24 Å². The summed E-state index contributed by atoms with van der Waals surface area (Å²) in [5.41, 5.74) is 1.02. The summed E-state index contributed by atoms with van der Waals surface area (Å²) in [6.07, 6.45) is 0. The van der Waals surface area contributed by atoms with Crippen molar-refractivity contribution in [1.29, 1.82) is 0 Å². The fourth-order valence-corrected chi connectivity index (χ4v) is 2.19. The first-order chi connectivity index (χ1) is 8.20. The van der Waals surface area contributed by atoms with Gasteiger partial charge in [-0.05, 0) is 17.7 Å². The first-order valence-corrected chi connectivity index (χ1v) is 6.15. The molecule has 0 spiro atoms. The molecule has 0 bridgehead atoms. The van der Waals surface area contributed by atoms with Crippen LogP contribution in [0.5, 0.6) is 0 Å². The number of hydrogen-bond donors (Lipinski definition) is 0. The summed E-state index contributed by atoms with van der Waals surface area (Å²) in [7, 11) is 0. The van der Waals surface area contributed by atoms with Gasteiger partial charge in [-0.1, -0.05) is 15.9 Å². The highest BCUT2D eigenvalue weighted by Crippen LogP contribution is 2.29. The fraction of sp³-hybridized carbons (Fsp3) is 0.417. The lowest BCUT2D eigenvalue weighted by Crippen LogP contribution is -2.35. The Balaban J connectivity index is 2.17. The Morgan fingerprint density at radius 3 is 2.76 bits per heavy atom. The summed E-state index contributed by atoms with van der Waals surface area (Å²) >= 11 is 3.18. The summed E-state index contributed by atoms with van der Waals surface area (Å²) < 4.78 is 19.5. The molecule has 3 nitrogen and oxygen atoms in total. The van der Waals surface area contributed by atoms with Crippen molar-refractivity contribution in [3.63, 3.8) is 0 Å². The lowest BCUT2D eigenvalue weighted by molar-refractivity contribution is 0.0337. The molecule has 0 unspecified atom stereocenters. The topological polar surface area (TPSA) is 16.8 Å². The molecule has 0 N–H and O–H groups in total. The second-order valence-electron chi connectivity index (χ2n) is 3.90. The summed E-state index contributed by atoms with van der Waals surface area (Å²) in [5, 5.41) is 0. The van der Waals surface area contributed by atoms with Crippen molar-refractivity contribution in [2.75, 3.05) is 26.3 Å². The van der Waals surface area contributed by atoms with E-state index in [4.69, 9.17) is 11.3 Å². The maximum atomic E-state index is 13.7. The number of rotatable bonds is 2. The lowest BCUT2D eigenvalue weighted by Gasteiger charge is -2.26. The zero-order chi connectivity index (χ0) is 12.3. The lowest BCUT2D eigenvalue weighted by atomic mass is 10.1. The van der Waals surface area contributed by atoms with Gasteiger partial charge in [-0.15, -0.1) is 0 Å². The van der Waals surface area contributed by atoms with Crippen LogP contribution in [0.1, 0.15) is 5.56 Å². The van der Waals surface area contributed by atoms with E-state index in [1.54, 1.807) is 6.07 Å². The van der Waals surface area contributed by atoms with Gasteiger partial charge in [0.1, 0.15) is 5.82 Å². The van der Waals surface area contributed by atoms with Crippen LogP contribution in [0.15, 0.2) is 16.6 Å². The number of benzene rings is 1. The average Bonchev–Trinajstić information content (AvgIpc) is 2.34. The van der Waals surface area contributed by atoms with Crippen molar-refractivity contribution in [1.82, 2.24) is 4.90 Å². The van der Waals surface area contributed by atoms with Crippen LogP contribution in [-0.2, 0) is 11.3 Å². The van der Waals surface area contributed by atoms with Gasteiger partial charge in [0, 0.05) is 24.1 Å². The molecule has 0 amide bonds. The largest absolute Gasteiger partial charge is 0.379 e. The van der Waals surface area contributed by atoms with Gasteiger partial charge in [0.15, 0.2) is 0 Å². The highest BCUT2D eigenvalue weighted by molar-refractivity contribution is 9.10. The third kappa shape index (κ3) is 3.03. The molecule has 0 aliphatic carbocycles. The maximum absolute atomic E-state index is 13.7. The van der Waals surface area contributed by atoms with E-state index in [-0.39, 0.29) is 5.82 Å². The van der Waals surface area contributed by atoms with E-state index in [1.165, 1.54) is 6.07 Å². The molecule has 17 heavy (non-hydrogen) atoms. The fourth-order valence-electron chi connectivity index (χ4n) is 1.79. The van der Waals surface area contributed by atoms with E-state index in [0.29, 0.717) is 35.5 Å². The molecule has 1 aliphatic rings. The number of nitrogens with zero attached hydrogens (tertiary/aromatic N) is 2. The van der Waals surface area contributed by atoms with Gasteiger partial charge >= 0.3 is 0 Å². The third-order valence-electron chi connectivity index (χ3n) is 2.73. The highest BCUT2D eigenvalue weighted by atomic mass is 79.9. The molecule has 1 saturated heterocycles. The van der Waals surface area contributed by atoms with Crippen molar-refractivity contribution in [3.8, 4) is 0 Å². The minimum Gasteiger partial charge on any atom is -0.379 e. The Bertz CT molecular complexity index is 453. The van der Waals surface area contributed by atoms with Crippen LogP contribution in [0, 0.1) is 12.4 Å². The van der Waals surface area contributed by atoms with Gasteiger partial charge in [0.25, 0.3) is 0 Å². The molecule has 1 heterocycles. The van der Waals surface area contributed by atoms with Crippen LogP contribution in [0.25, 0.3) is 4.85 Å². The van der Waals surface area contributed by atoms with Crippen LogP contribution in [0.3, 0.4) is 0 Å². The van der Waals surface area contributed by atoms with Gasteiger partial charge in [-0.2, -0.15) is 0 Å². The molecule has 5 heteroatoms. The molecular formula is C12H12BrFN2O. The number of hydrogen-bond acceptors (Lipinski definition) is 2. The van der Waals surface area contributed by atoms with E-state index >= 15 is 0 Å². The van der Waals surface area contributed by atoms with Crippen molar-refractivity contribution in [3.05, 3.63) is 39.4 Å². The van der Waals surface area contributed by atoms with E-state index < -0.39 is 0 Å². The minimum atomic E-state index is -0.268. The maximum Gasteiger partial charge on any atom is 0.201 e. The molecule has 1 aliphatic heterocycles. The third-order valence-corrected chi connectivity index (χ3v) is 3.37. The Hall–Kier alpha value is -0.960. The Morgan fingerprint density at radius 2 is 2.12 bits per heavy atom. The van der Waals surface area contributed by atoms with Crippen LogP contribution in [0.2, 0.25) is 0 Å². The first kappa shape index (κ1) is 12.5. The van der Waals surface area contributed by atoms with E-state index in [1.807, 2.05) is 0 Å². The quantitative estimate of drug-likeness (QED) is 0.781. The number of morpholine rings is 1. The molecule has 0 radical (unpaired) electrons. The van der Waals surface area contributed by atoms with E-state index in [0.717, 1.165) is 13.1 Å². The van der Waals surface area contributed by atoms with Gasteiger partial charge in [-0.3, -0.25) is 4.90 Å². The monoisotopic (exact) mass is 298 g/mol. The molecule has 0 atom stereocenters. The van der Waals surface area contributed by atoms with Gasteiger partial charge in [0.2, 0.25) is 5.69 Å².